The van der Waals surface area contributed by atoms with Crippen molar-refractivity contribution in [3.8, 4) is 5.82 Å². The van der Waals surface area contributed by atoms with E-state index in [0.717, 1.165) is 4.90 Å². The van der Waals surface area contributed by atoms with Crippen molar-refractivity contribution in [3.05, 3.63) is 36.4 Å². The molecular weight excluding hydrogens is 396 g/mol. The molecule has 2 aromatic heterocycles. The molecule has 0 radical (unpaired) electrons. The molecule has 1 saturated heterocycles. The summed E-state index contributed by atoms with van der Waals surface area (Å²) >= 11 is 0. The van der Waals surface area contributed by atoms with Crippen LogP contribution in [0.2, 0.25) is 0 Å². The number of hydrogen-bond donors (Lipinski definition) is 2. The molecule has 3 rings (SSSR count). The summed E-state index contributed by atoms with van der Waals surface area (Å²) in [6, 6.07) is 5.56. The summed E-state index contributed by atoms with van der Waals surface area (Å²) in [6.07, 6.45) is 4.84. The normalized spacial score (nSPS) is 15.0. The summed E-state index contributed by atoms with van der Waals surface area (Å²) in [4.78, 5) is 33.2. The molecule has 2 amide bonds. The number of sulfonamides is 1. The van der Waals surface area contributed by atoms with Gasteiger partial charge >= 0.3 is 0 Å². The molecule has 10 nitrogen and oxygen atoms in total. The molecule has 3 heterocycles. The highest BCUT2D eigenvalue weighted by Crippen LogP contribution is 2.12. The minimum atomic E-state index is -3.61. The van der Waals surface area contributed by atoms with Crippen LogP contribution < -0.4 is 10.0 Å². The van der Waals surface area contributed by atoms with E-state index in [2.05, 4.69) is 20.0 Å². The Bertz CT molecular complexity index is 958. The molecule has 2 N–H and O–H groups in total. The number of likely N-dealkylation sites (tertiary alicyclic amines) is 1. The quantitative estimate of drug-likeness (QED) is 0.445. The Morgan fingerprint density at radius 2 is 1.76 bits per heavy atom. The van der Waals surface area contributed by atoms with Crippen molar-refractivity contribution in [1.29, 1.82) is 0 Å². The van der Waals surface area contributed by atoms with Gasteiger partial charge in [0.2, 0.25) is 21.8 Å². The highest BCUT2D eigenvalue weighted by molar-refractivity contribution is 7.89. The SMILES string of the molecule is Cc1nc(NCCNS(=O)(=O)CCN2C(=O)CCCC2=O)cc(-n2cccc2)n1. The highest BCUT2D eigenvalue weighted by Gasteiger charge is 2.27. The Morgan fingerprint density at radius 1 is 1.07 bits per heavy atom. The molecule has 0 atom stereocenters. The first-order valence-electron chi connectivity index (χ1n) is 9.37. The second-order valence-corrected chi connectivity index (χ2v) is 8.61. The lowest BCUT2D eigenvalue weighted by Gasteiger charge is -2.24. The van der Waals surface area contributed by atoms with Gasteiger partial charge in [-0.2, -0.15) is 0 Å². The largest absolute Gasteiger partial charge is 0.369 e. The minimum Gasteiger partial charge on any atom is -0.369 e. The zero-order valence-electron chi connectivity index (χ0n) is 16.2. The van der Waals surface area contributed by atoms with Crippen molar-refractivity contribution in [3.63, 3.8) is 0 Å². The van der Waals surface area contributed by atoms with Gasteiger partial charge in [0, 0.05) is 50.9 Å². The van der Waals surface area contributed by atoms with E-state index in [0.29, 0.717) is 30.4 Å². The van der Waals surface area contributed by atoms with Gasteiger partial charge < -0.3 is 9.88 Å². The Morgan fingerprint density at radius 3 is 2.45 bits per heavy atom. The summed E-state index contributed by atoms with van der Waals surface area (Å²) in [7, 11) is -3.61. The van der Waals surface area contributed by atoms with E-state index >= 15 is 0 Å². The summed E-state index contributed by atoms with van der Waals surface area (Å²) in [6.45, 7) is 2.13. The van der Waals surface area contributed by atoms with E-state index in [1.165, 1.54) is 0 Å². The molecule has 0 unspecified atom stereocenters. The van der Waals surface area contributed by atoms with Gasteiger partial charge in [-0.05, 0) is 25.5 Å². The molecule has 1 aliphatic rings. The molecule has 29 heavy (non-hydrogen) atoms. The molecule has 1 aliphatic heterocycles. The molecule has 1 fully saturated rings. The van der Waals surface area contributed by atoms with Crippen LogP contribution in [-0.2, 0) is 19.6 Å². The number of carbonyl (C=O) groups is 2. The first-order valence-corrected chi connectivity index (χ1v) is 11.0. The molecular formula is C18H24N6O4S. The predicted octanol–water partition coefficient (Wildman–Crippen LogP) is 0.446. The van der Waals surface area contributed by atoms with Crippen LogP contribution in [0.1, 0.15) is 25.1 Å². The smallest absolute Gasteiger partial charge is 0.229 e. The number of nitrogens with zero attached hydrogens (tertiary/aromatic N) is 4. The minimum absolute atomic E-state index is 0.119. The van der Waals surface area contributed by atoms with Crippen molar-refractivity contribution in [2.75, 3.05) is 30.7 Å². The summed E-state index contributed by atoms with van der Waals surface area (Å²) in [5.41, 5.74) is 0. The van der Waals surface area contributed by atoms with Crippen LogP contribution in [-0.4, -0.2) is 65.1 Å². The Labute approximate surface area is 169 Å². The zero-order valence-corrected chi connectivity index (χ0v) is 17.0. The van der Waals surface area contributed by atoms with Gasteiger partial charge in [0.15, 0.2) is 0 Å². The van der Waals surface area contributed by atoms with Gasteiger partial charge in [-0.3, -0.25) is 14.5 Å². The fraction of sp³-hybridized carbons (Fsp3) is 0.444. The number of nitrogens with one attached hydrogen (secondary N) is 2. The average molecular weight is 420 g/mol. The second kappa shape index (κ2) is 9.14. The summed E-state index contributed by atoms with van der Waals surface area (Å²) < 4.78 is 28.6. The molecule has 0 spiro atoms. The molecule has 0 bridgehead atoms. The van der Waals surface area contributed by atoms with Crippen molar-refractivity contribution < 1.29 is 18.0 Å². The number of hydrogen-bond acceptors (Lipinski definition) is 7. The number of piperidine rings is 1. The van der Waals surface area contributed by atoms with Gasteiger partial charge in [-0.1, -0.05) is 0 Å². The van der Waals surface area contributed by atoms with E-state index in [1.807, 2.05) is 29.1 Å². The maximum atomic E-state index is 12.1. The number of aryl methyl sites for hydroxylation is 1. The molecule has 11 heteroatoms. The van der Waals surface area contributed by atoms with E-state index in [1.54, 1.807) is 13.0 Å². The van der Waals surface area contributed by atoms with Crippen molar-refractivity contribution in [1.82, 2.24) is 24.2 Å². The predicted molar refractivity (Wildman–Crippen MR) is 107 cm³/mol. The summed E-state index contributed by atoms with van der Waals surface area (Å²) in [5, 5.41) is 3.07. The van der Waals surface area contributed by atoms with Gasteiger partial charge in [-0.25, -0.2) is 23.1 Å². The lowest BCUT2D eigenvalue weighted by Crippen LogP contribution is -2.44. The standard InChI is InChI=1S/C18H24N6O4S/c1-14-21-15(13-16(22-14)23-9-2-3-10-23)19-7-8-20-29(27,28)12-11-24-17(25)5-4-6-18(24)26/h2-3,9-10,13,20H,4-8,11-12H2,1H3,(H,19,21,22). The Hall–Kier alpha value is -2.79. The van der Waals surface area contributed by atoms with Gasteiger partial charge in [-0.15, -0.1) is 0 Å². The summed E-state index contributed by atoms with van der Waals surface area (Å²) in [5.74, 6) is 0.961. The van der Waals surface area contributed by atoms with Crippen LogP contribution in [0.25, 0.3) is 5.82 Å². The fourth-order valence-electron chi connectivity index (χ4n) is 2.99. The van der Waals surface area contributed by atoms with Crippen molar-refractivity contribution in [2.45, 2.75) is 26.2 Å². The number of carbonyl (C=O) groups excluding carboxylic acids is 2. The van der Waals surface area contributed by atoms with E-state index in [-0.39, 0.29) is 43.5 Å². The van der Waals surface area contributed by atoms with Gasteiger partial charge in [0.05, 0.1) is 5.75 Å². The van der Waals surface area contributed by atoms with Crippen LogP contribution in [0.3, 0.4) is 0 Å². The molecule has 2 aromatic rings. The molecule has 156 valence electrons. The number of rotatable bonds is 9. The number of amides is 2. The Kier molecular flexibility index (Phi) is 6.60. The zero-order chi connectivity index (χ0) is 20.9. The second-order valence-electron chi connectivity index (χ2n) is 6.68. The third-order valence-electron chi connectivity index (χ3n) is 4.41. The van der Waals surface area contributed by atoms with Crippen LogP contribution in [0.4, 0.5) is 5.82 Å². The fourth-order valence-corrected chi connectivity index (χ4v) is 3.97. The van der Waals surface area contributed by atoms with E-state index in [4.69, 9.17) is 0 Å². The van der Waals surface area contributed by atoms with Crippen LogP contribution in [0.5, 0.6) is 0 Å². The van der Waals surface area contributed by atoms with Crippen molar-refractivity contribution in [2.24, 2.45) is 0 Å². The van der Waals surface area contributed by atoms with Crippen LogP contribution >= 0.6 is 0 Å². The maximum Gasteiger partial charge on any atom is 0.229 e. The third-order valence-corrected chi connectivity index (χ3v) is 5.78. The number of anilines is 1. The maximum absolute atomic E-state index is 12.1. The lowest BCUT2D eigenvalue weighted by molar-refractivity contribution is -0.147. The third kappa shape index (κ3) is 5.84. The number of aromatic nitrogens is 3. The molecule has 0 aromatic carbocycles. The number of imide groups is 1. The average Bonchev–Trinajstić information content (AvgIpc) is 3.19. The topological polar surface area (TPSA) is 126 Å². The first-order chi connectivity index (χ1) is 13.8. The Balaban J connectivity index is 1.47. The van der Waals surface area contributed by atoms with Crippen molar-refractivity contribution >= 4 is 27.7 Å². The lowest BCUT2D eigenvalue weighted by atomic mass is 10.1. The van der Waals surface area contributed by atoms with Gasteiger partial charge in [0.25, 0.3) is 0 Å². The first kappa shape index (κ1) is 20.9. The van der Waals surface area contributed by atoms with Crippen LogP contribution in [0, 0.1) is 6.92 Å². The molecule has 0 aliphatic carbocycles. The van der Waals surface area contributed by atoms with E-state index in [9.17, 15) is 18.0 Å². The monoisotopic (exact) mass is 420 g/mol. The van der Waals surface area contributed by atoms with E-state index < -0.39 is 10.0 Å². The van der Waals surface area contributed by atoms with Gasteiger partial charge in [0.1, 0.15) is 17.5 Å². The highest BCUT2D eigenvalue weighted by atomic mass is 32.2. The molecule has 0 saturated carbocycles. The van der Waals surface area contributed by atoms with Crippen LogP contribution in [0.15, 0.2) is 30.6 Å².